The molecule has 4 heterocycles. The first-order chi connectivity index (χ1) is 17.6. The van der Waals surface area contributed by atoms with Crippen molar-refractivity contribution in [1.29, 1.82) is 0 Å². The Morgan fingerprint density at radius 3 is 2.43 bits per heavy atom. The third-order valence-electron chi connectivity index (χ3n) is 6.37. The van der Waals surface area contributed by atoms with E-state index in [1.165, 1.54) is 0 Å². The number of rotatable bonds is 6. The maximum absolute atomic E-state index is 13.2. The molecule has 1 aliphatic carbocycles. The van der Waals surface area contributed by atoms with Crippen molar-refractivity contribution in [3.8, 4) is 10.8 Å². The van der Waals surface area contributed by atoms with Crippen molar-refractivity contribution in [1.82, 2.24) is 34.1 Å². The smallest absolute Gasteiger partial charge is 0.319 e. The number of carbonyl (C=O) groups excluding carboxylic acids is 1. The normalized spacial score (nSPS) is 16.7. The van der Waals surface area contributed by atoms with Gasteiger partial charge in [-0.05, 0) is 44.7 Å². The highest BCUT2D eigenvalue weighted by atomic mass is 32.2. The van der Waals surface area contributed by atoms with Crippen molar-refractivity contribution < 1.29 is 18.0 Å². The third kappa shape index (κ3) is 5.80. The fourth-order valence-electron chi connectivity index (χ4n) is 4.10. The maximum Gasteiger partial charge on any atom is 0.319 e. The number of piperazine rings is 1. The first-order valence-electron chi connectivity index (χ1n) is 11.8. The van der Waals surface area contributed by atoms with Crippen LogP contribution in [-0.4, -0.2) is 88.4 Å². The molecule has 0 atom stereocenters. The lowest BCUT2D eigenvalue weighted by atomic mass is 10.2. The van der Waals surface area contributed by atoms with Crippen LogP contribution in [0.25, 0.3) is 16.3 Å². The maximum atomic E-state index is 13.2. The van der Waals surface area contributed by atoms with E-state index in [2.05, 4.69) is 32.8 Å². The highest BCUT2D eigenvalue weighted by Crippen LogP contribution is 2.40. The second kappa shape index (κ2) is 11.0. The number of pyridine rings is 1. The molecule has 202 valence electrons. The Hall–Kier alpha value is -2.58. The Kier molecular flexibility index (Phi) is 8.19. The van der Waals surface area contributed by atoms with E-state index in [1.54, 1.807) is 30.9 Å². The lowest BCUT2D eigenvalue weighted by Gasteiger charge is -2.37. The van der Waals surface area contributed by atoms with Crippen LogP contribution in [0.15, 0.2) is 17.2 Å². The van der Waals surface area contributed by atoms with Crippen molar-refractivity contribution in [3.63, 3.8) is 0 Å². The molecule has 2 aliphatic rings. The molecule has 0 spiro atoms. The van der Waals surface area contributed by atoms with Crippen molar-refractivity contribution in [3.05, 3.63) is 23.0 Å². The Balaban J connectivity index is 0.00000156. The van der Waals surface area contributed by atoms with Gasteiger partial charge in [0, 0.05) is 56.9 Å². The predicted octanol–water partition coefficient (Wildman–Crippen LogP) is 4.64. The van der Waals surface area contributed by atoms with E-state index in [0.29, 0.717) is 44.2 Å². The number of carbonyl (C=O) groups is 1. The fraction of sp³-hybridized carbons (Fsp3) is 0.565. The SMILES string of the molecule is CF.Cc1nc(-c2nnc(C(F)F)s2)n2cc(SNC3(C)CC3)cc(N3CCN(C(=O)N(C)C)CC3)c12. The van der Waals surface area contributed by atoms with E-state index >= 15 is 0 Å². The number of imidazole rings is 1. The van der Waals surface area contributed by atoms with Crippen molar-refractivity contribution >= 4 is 40.5 Å². The number of urea groups is 1. The molecule has 1 saturated carbocycles. The summed E-state index contributed by atoms with van der Waals surface area (Å²) in [5.41, 5.74) is 2.83. The summed E-state index contributed by atoms with van der Waals surface area (Å²) in [4.78, 5) is 23.8. The van der Waals surface area contributed by atoms with Crippen LogP contribution in [0.1, 0.15) is 36.9 Å². The summed E-state index contributed by atoms with van der Waals surface area (Å²) in [7, 11) is 4.02. The Labute approximate surface area is 222 Å². The van der Waals surface area contributed by atoms with Gasteiger partial charge in [0.05, 0.1) is 24.1 Å². The number of alkyl halides is 3. The minimum atomic E-state index is -2.67. The van der Waals surface area contributed by atoms with E-state index in [-0.39, 0.29) is 16.6 Å². The summed E-state index contributed by atoms with van der Waals surface area (Å²) in [6, 6.07) is 2.15. The van der Waals surface area contributed by atoms with Crippen LogP contribution < -0.4 is 9.62 Å². The van der Waals surface area contributed by atoms with Gasteiger partial charge in [-0.3, -0.25) is 13.5 Å². The van der Waals surface area contributed by atoms with Gasteiger partial charge in [0.25, 0.3) is 6.43 Å². The minimum absolute atomic E-state index is 0.00917. The van der Waals surface area contributed by atoms with Crippen LogP contribution in [0.4, 0.5) is 23.7 Å². The molecule has 1 aliphatic heterocycles. The van der Waals surface area contributed by atoms with Gasteiger partial charge in [0.2, 0.25) is 0 Å². The standard InChI is InChI=1S/C22H28F2N8OS2.CH3F/c1-13-16-15(30-7-9-31(10-8-30)21(33)29(3)4)11-14(35-28-22(2)5-6-22)12-32(16)18(25-13)20-27-26-19(34-20)17(23)24;1-2/h11-12,17,28H,5-10H2,1-4H3;1H3. The first kappa shape index (κ1) is 27.5. The minimum Gasteiger partial charge on any atom is -0.366 e. The van der Waals surface area contributed by atoms with Gasteiger partial charge >= 0.3 is 6.03 Å². The first-order valence-corrected chi connectivity index (χ1v) is 13.5. The monoisotopic (exact) mass is 556 g/mol. The average Bonchev–Trinajstić information content (AvgIpc) is 3.28. The Bertz CT molecular complexity index is 1250. The molecule has 5 rings (SSSR count). The lowest BCUT2D eigenvalue weighted by Crippen LogP contribution is -2.51. The Morgan fingerprint density at radius 1 is 1.19 bits per heavy atom. The van der Waals surface area contributed by atoms with Crippen LogP contribution in [0.3, 0.4) is 0 Å². The zero-order valence-electron chi connectivity index (χ0n) is 21.5. The highest BCUT2D eigenvalue weighted by Gasteiger charge is 2.37. The van der Waals surface area contributed by atoms with Gasteiger partial charge in [0.1, 0.15) is 0 Å². The van der Waals surface area contributed by atoms with Crippen molar-refractivity contribution in [2.45, 2.75) is 43.5 Å². The zero-order valence-corrected chi connectivity index (χ0v) is 23.1. The summed E-state index contributed by atoms with van der Waals surface area (Å²) < 4.78 is 41.3. The van der Waals surface area contributed by atoms with Gasteiger partial charge in [-0.15, -0.1) is 10.2 Å². The molecule has 3 aromatic heterocycles. The molecule has 2 amide bonds. The van der Waals surface area contributed by atoms with E-state index in [1.807, 2.05) is 22.4 Å². The van der Waals surface area contributed by atoms with Crippen LogP contribution in [0, 0.1) is 6.92 Å². The predicted molar refractivity (Wildman–Crippen MR) is 140 cm³/mol. The van der Waals surface area contributed by atoms with E-state index < -0.39 is 6.43 Å². The van der Waals surface area contributed by atoms with Gasteiger partial charge in [-0.1, -0.05) is 11.3 Å². The molecule has 14 heteroatoms. The number of nitrogens with one attached hydrogen (secondary N) is 1. The summed E-state index contributed by atoms with van der Waals surface area (Å²) in [5, 5.41) is 7.71. The molecule has 9 nitrogen and oxygen atoms in total. The number of nitrogens with zero attached hydrogens (tertiary/aromatic N) is 7. The third-order valence-corrected chi connectivity index (χ3v) is 8.35. The molecule has 0 unspecified atom stereocenters. The topological polar surface area (TPSA) is 81.9 Å². The number of fused-ring (bicyclic) bond motifs is 1. The molecule has 1 saturated heterocycles. The molecule has 0 bridgehead atoms. The number of halogens is 3. The number of hydrogen-bond donors (Lipinski definition) is 1. The Morgan fingerprint density at radius 2 is 1.86 bits per heavy atom. The molecule has 3 aromatic rings. The number of hydrogen-bond acceptors (Lipinski definition) is 8. The number of aromatic nitrogens is 4. The summed E-state index contributed by atoms with van der Waals surface area (Å²) in [6.07, 6.45) is 1.58. The van der Waals surface area contributed by atoms with Gasteiger partial charge in [0.15, 0.2) is 15.8 Å². The largest absolute Gasteiger partial charge is 0.366 e. The van der Waals surface area contributed by atoms with Crippen LogP contribution in [0.2, 0.25) is 0 Å². The van der Waals surface area contributed by atoms with E-state index in [4.69, 9.17) is 4.98 Å². The molecule has 37 heavy (non-hydrogen) atoms. The van der Waals surface area contributed by atoms with Crippen LogP contribution >= 0.6 is 23.3 Å². The summed E-state index contributed by atoms with van der Waals surface area (Å²) >= 11 is 2.43. The molecular weight excluding hydrogens is 525 g/mol. The molecule has 2 fully saturated rings. The summed E-state index contributed by atoms with van der Waals surface area (Å²) in [6.45, 7) is 6.71. The quantitative estimate of drug-likeness (QED) is 0.443. The second-order valence-corrected chi connectivity index (χ2v) is 11.4. The fourth-order valence-corrected chi connectivity index (χ4v) is 5.68. The number of amides is 2. The lowest BCUT2D eigenvalue weighted by molar-refractivity contribution is 0.150. The van der Waals surface area contributed by atoms with Crippen molar-refractivity contribution in [2.24, 2.45) is 0 Å². The van der Waals surface area contributed by atoms with Gasteiger partial charge in [-0.2, -0.15) is 0 Å². The van der Waals surface area contributed by atoms with Crippen LogP contribution in [-0.2, 0) is 0 Å². The zero-order chi connectivity index (χ0) is 26.9. The van der Waals surface area contributed by atoms with E-state index in [9.17, 15) is 18.0 Å². The molecular formula is C23H31F3N8OS2. The average molecular weight is 557 g/mol. The van der Waals surface area contributed by atoms with Gasteiger partial charge < -0.3 is 14.7 Å². The number of anilines is 1. The van der Waals surface area contributed by atoms with E-state index in [0.717, 1.165) is 46.0 Å². The van der Waals surface area contributed by atoms with Gasteiger partial charge in [-0.25, -0.2) is 18.6 Å². The van der Waals surface area contributed by atoms with Crippen molar-refractivity contribution in [2.75, 3.05) is 52.4 Å². The number of aryl methyl sites for hydroxylation is 1. The van der Waals surface area contributed by atoms with Crippen LogP contribution in [0.5, 0.6) is 0 Å². The summed E-state index contributed by atoms with van der Waals surface area (Å²) in [5.74, 6) is 0.504. The molecule has 1 N–H and O–H groups in total. The second-order valence-electron chi connectivity index (χ2n) is 9.46. The highest BCUT2D eigenvalue weighted by molar-refractivity contribution is 7.97. The molecule has 0 aromatic carbocycles. The molecule has 0 radical (unpaired) electrons.